The first-order chi connectivity index (χ1) is 9.90. The molecule has 0 aliphatic carbocycles. The van der Waals surface area contributed by atoms with Crippen LogP contribution >= 0.6 is 0 Å². The van der Waals surface area contributed by atoms with E-state index < -0.39 is 0 Å². The molecule has 0 unspecified atom stereocenters. The lowest BCUT2D eigenvalue weighted by molar-refractivity contribution is 0.652. The first-order valence-corrected chi connectivity index (χ1v) is 7.37. The Labute approximate surface area is 119 Å². The normalized spacial score (nSPS) is 12.7. The summed E-state index contributed by atoms with van der Waals surface area (Å²) in [5.41, 5.74) is 3.93. The number of nitrogens with zero attached hydrogens (tertiary/aromatic N) is 1. The maximum absolute atomic E-state index is 4.19. The fraction of sp³-hybridized carbons (Fsp3) is 0.278. The van der Waals surface area contributed by atoms with Crippen molar-refractivity contribution in [2.45, 2.75) is 32.1 Å². The van der Waals surface area contributed by atoms with Crippen molar-refractivity contribution in [1.29, 1.82) is 0 Å². The van der Waals surface area contributed by atoms with E-state index in [0.29, 0.717) is 5.92 Å². The number of H-pyrrole nitrogens is 1. The van der Waals surface area contributed by atoms with E-state index in [-0.39, 0.29) is 0 Å². The van der Waals surface area contributed by atoms with Crippen molar-refractivity contribution in [3.8, 4) is 0 Å². The van der Waals surface area contributed by atoms with Gasteiger partial charge >= 0.3 is 0 Å². The van der Waals surface area contributed by atoms with Crippen molar-refractivity contribution in [2.24, 2.45) is 0 Å². The number of unbranched alkanes of at least 4 members (excludes halogenated alkanes) is 1. The Balaban J connectivity index is 2.07. The highest BCUT2D eigenvalue weighted by molar-refractivity contribution is 5.82. The van der Waals surface area contributed by atoms with Crippen LogP contribution < -0.4 is 0 Å². The molecule has 0 aliphatic rings. The van der Waals surface area contributed by atoms with Crippen LogP contribution in [0.25, 0.3) is 10.9 Å². The Bertz CT molecular complexity index is 670. The fourth-order valence-electron chi connectivity index (χ4n) is 2.88. The predicted molar refractivity (Wildman–Crippen MR) is 83.9 cm³/mol. The van der Waals surface area contributed by atoms with Gasteiger partial charge < -0.3 is 0 Å². The molecule has 102 valence electrons. The third-order valence-electron chi connectivity index (χ3n) is 3.93. The van der Waals surface area contributed by atoms with Crippen LogP contribution in [-0.4, -0.2) is 10.2 Å². The van der Waals surface area contributed by atoms with Gasteiger partial charge in [0.2, 0.25) is 0 Å². The Kier molecular flexibility index (Phi) is 3.82. The third-order valence-corrected chi connectivity index (χ3v) is 3.93. The number of hydrogen-bond donors (Lipinski definition) is 1. The maximum atomic E-state index is 4.19. The lowest BCUT2D eigenvalue weighted by Crippen LogP contribution is -2.02. The van der Waals surface area contributed by atoms with Gasteiger partial charge in [-0.25, -0.2) is 0 Å². The molecule has 0 fully saturated rings. The van der Waals surface area contributed by atoms with Crippen molar-refractivity contribution < 1.29 is 0 Å². The Morgan fingerprint density at radius 3 is 2.70 bits per heavy atom. The second-order valence-electron chi connectivity index (χ2n) is 5.29. The molecule has 0 aliphatic heterocycles. The Morgan fingerprint density at radius 1 is 1.05 bits per heavy atom. The SMILES string of the molecule is CCCC[C@H](c1ccccc1)c1cccc2cn[nH]c12. The van der Waals surface area contributed by atoms with E-state index in [2.05, 4.69) is 65.7 Å². The van der Waals surface area contributed by atoms with Gasteiger partial charge in [-0.1, -0.05) is 68.3 Å². The van der Waals surface area contributed by atoms with Gasteiger partial charge in [0, 0.05) is 11.3 Å². The summed E-state index contributed by atoms with van der Waals surface area (Å²) in [7, 11) is 0. The maximum Gasteiger partial charge on any atom is 0.0688 e. The van der Waals surface area contributed by atoms with Gasteiger partial charge in [0.1, 0.15) is 0 Å². The monoisotopic (exact) mass is 264 g/mol. The molecule has 1 heterocycles. The van der Waals surface area contributed by atoms with E-state index in [9.17, 15) is 0 Å². The zero-order valence-electron chi connectivity index (χ0n) is 11.8. The lowest BCUT2D eigenvalue weighted by Gasteiger charge is -2.18. The molecule has 0 saturated carbocycles. The van der Waals surface area contributed by atoms with Crippen LogP contribution in [0.2, 0.25) is 0 Å². The molecule has 0 spiro atoms. The van der Waals surface area contributed by atoms with E-state index in [0.717, 1.165) is 0 Å². The van der Waals surface area contributed by atoms with Crippen molar-refractivity contribution in [1.82, 2.24) is 10.2 Å². The van der Waals surface area contributed by atoms with Gasteiger partial charge in [-0.3, -0.25) is 5.10 Å². The zero-order valence-corrected chi connectivity index (χ0v) is 11.8. The molecule has 0 saturated heterocycles. The number of fused-ring (bicyclic) bond motifs is 1. The third kappa shape index (κ3) is 2.46. The average Bonchev–Trinajstić information content (AvgIpc) is 2.98. The summed E-state index contributed by atoms with van der Waals surface area (Å²) in [4.78, 5) is 0. The van der Waals surface area contributed by atoms with Crippen LogP contribution in [-0.2, 0) is 0 Å². The smallest absolute Gasteiger partial charge is 0.0688 e. The van der Waals surface area contributed by atoms with Gasteiger partial charge in [-0.15, -0.1) is 0 Å². The predicted octanol–water partition coefficient (Wildman–Crippen LogP) is 4.89. The van der Waals surface area contributed by atoms with Crippen molar-refractivity contribution in [2.75, 3.05) is 0 Å². The summed E-state index contributed by atoms with van der Waals surface area (Å²) in [6.07, 6.45) is 5.55. The van der Waals surface area contributed by atoms with Crippen LogP contribution in [0.4, 0.5) is 0 Å². The summed E-state index contributed by atoms with van der Waals surface area (Å²) in [5, 5.41) is 8.55. The molecular weight excluding hydrogens is 244 g/mol. The second-order valence-corrected chi connectivity index (χ2v) is 5.29. The lowest BCUT2D eigenvalue weighted by atomic mass is 9.86. The van der Waals surface area contributed by atoms with Gasteiger partial charge in [0.05, 0.1) is 11.7 Å². The Hall–Kier alpha value is -2.09. The molecule has 1 atom stereocenters. The molecule has 1 aromatic heterocycles. The van der Waals surface area contributed by atoms with Gasteiger partial charge in [0.25, 0.3) is 0 Å². The van der Waals surface area contributed by atoms with Crippen LogP contribution in [0.5, 0.6) is 0 Å². The molecular formula is C18H20N2. The van der Waals surface area contributed by atoms with E-state index in [1.807, 2.05) is 6.20 Å². The van der Waals surface area contributed by atoms with Gasteiger partial charge in [-0.2, -0.15) is 5.10 Å². The summed E-state index contributed by atoms with van der Waals surface area (Å²) < 4.78 is 0. The summed E-state index contributed by atoms with van der Waals surface area (Å²) in [6.45, 7) is 2.25. The van der Waals surface area contributed by atoms with Gasteiger partial charge in [0.15, 0.2) is 0 Å². The molecule has 2 nitrogen and oxygen atoms in total. The van der Waals surface area contributed by atoms with Crippen LogP contribution in [0.15, 0.2) is 54.7 Å². The first kappa shape index (κ1) is 12.9. The van der Waals surface area contributed by atoms with Crippen molar-refractivity contribution in [3.63, 3.8) is 0 Å². The molecule has 3 rings (SSSR count). The number of hydrogen-bond acceptors (Lipinski definition) is 1. The molecule has 2 heteroatoms. The van der Waals surface area contributed by atoms with Crippen molar-refractivity contribution >= 4 is 10.9 Å². The van der Waals surface area contributed by atoms with E-state index in [1.54, 1.807) is 0 Å². The highest BCUT2D eigenvalue weighted by Crippen LogP contribution is 2.33. The molecule has 0 amide bonds. The van der Waals surface area contributed by atoms with E-state index in [4.69, 9.17) is 0 Å². The molecule has 2 aromatic carbocycles. The number of aromatic nitrogens is 2. The minimum Gasteiger partial charge on any atom is -0.278 e. The van der Waals surface area contributed by atoms with E-state index in [1.165, 1.54) is 41.3 Å². The minimum atomic E-state index is 0.445. The number of para-hydroxylation sites is 1. The molecule has 1 N–H and O–H groups in total. The summed E-state index contributed by atoms with van der Waals surface area (Å²) in [5.74, 6) is 0.445. The van der Waals surface area contributed by atoms with E-state index >= 15 is 0 Å². The molecule has 20 heavy (non-hydrogen) atoms. The Morgan fingerprint density at radius 2 is 1.90 bits per heavy atom. The average molecular weight is 264 g/mol. The van der Waals surface area contributed by atoms with Crippen molar-refractivity contribution in [3.05, 3.63) is 65.9 Å². The first-order valence-electron chi connectivity index (χ1n) is 7.37. The number of aromatic amines is 1. The number of benzene rings is 2. The standard InChI is InChI=1S/C18H20N2/c1-2-3-11-16(14-8-5-4-6-9-14)17-12-7-10-15-13-19-20-18(15)17/h4-10,12-13,16H,2-3,11H2,1H3,(H,19,20)/t16-/m1/s1. The van der Waals surface area contributed by atoms with Crippen LogP contribution in [0.3, 0.4) is 0 Å². The largest absolute Gasteiger partial charge is 0.278 e. The number of rotatable bonds is 5. The molecule has 0 radical (unpaired) electrons. The van der Waals surface area contributed by atoms with Crippen LogP contribution in [0.1, 0.15) is 43.2 Å². The zero-order chi connectivity index (χ0) is 13.8. The minimum absolute atomic E-state index is 0.445. The summed E-state index contributed by atoms with van der Waals surface area (Å²) >= 11 is 0. The van der Waals surface area contributed by atoms with Gasteiger partial charge in [-0.05, 0) is 17.5 Å². The second kappa shape index (κ2) is 5.91. The fourth-order valence-corrected chi connectivity index (χ4v) is 2.88. The quantitative estimate of drug-likeness (QED) is 0.698. The highest BCUT2D eigenvalue weighted by Gasteiger charge is 2.16. The van der Waals surface area contributed by atoms with Crippen LogP contribution in [0, 0.1) is 0 Å². The highest BCUT2D eigenvalue weighted by atomic mass is 15.1. The summed E-state index contributed by atoms with van der Waals surface area (Å²) in [6, 6.07) is 17.3. The topological polar surface area (TPSA) is 28.7 Å². The molecule has 0 bridgehead atoms. The number of nitrogens with one attached hydrogen (secondary N) is 1. The molecule has 3 aromatic rings.